The zero-order chi connectivity index (χ0) is 9.56. The van der Waals surface area contributed by atoms with Crippen LogP contribution in [0.2, 0.25) is 0 Å². The van der Waals surface area contributed by atoms with Crippen molar-refractivity contribution in [1.82, 2.24) is 20.2 Å². The van der Waals surface area contributed by atoms with Gasteiger partial charge in [0, 0.05) is 7.11 Å². The molecule has 8 heteroatoms. The molecule has 2 N–H and O–H groups in total. The van der Waals surface area contributed by atoms with Crippen LogP contribution in [0.5, 0.6) is 0 Å². The van der Waals surface area contributed by atoms with Crippen LogP contribution in [-0.4, -0.2) is 49.4 Å². The fourth-order valence-corrected chi connectivity index (χ4v) is 0.352. The Bertz CT molecular complexity index is 256. The van der Waals surface area contributed by atoms with Gasteiger partial charge in [-0.25, -0.2) is 4.79 Å². The maximum Gasteiger partial charge on any atom is 0.396 e. The Hall–Kier alpha value is -1.83. The first-order chi connectivity index (χ1) is 5.72. The molecule has 0 aliphatic carbocycles. The molecule has 0 bridgehead atoms. The van der Waals surface area contributed by atoms with Crippen molar-refractivity contribution >= 4 is 11.9 Å². The molecule has 12 heavy (non-hydrogen) atoms. The molecule has 0 amide bonds. The molecule has 0 atom stereocenters. The summed E-state index contributed by atoms with van der Waals surface area (Å²) in [5.74, 6) is -2.77. The van der Waals surface area contributed by atoms with Crippen molar-refractivity contribution < 1.29 is 19.8 Å². The SMILES string of the molecule is CO.O=C(O)C(=O)n1cnnn1. The van der Waals surface area contributed by atoms with Crippen molar-refractivity contribution in [3.63, 3.8) is 0 Å². The summed E-state index contributed by atoms with van der Waals surface area (Å²) >= 11 is 0. The van der Waals surface area contributed by atoms with Gasteiger partial charge in [-0.2, -0.15) is 4.68 Å². The van der Waals surface area contributed by atoms with E-state index in [1.807, 2.05) is 0 Å². The largest absolute Gasteiger partial charge is 0.474 e. The van der Waals surface area contributed by atoms with E-state index in [-0.39, 0.29) is 0 Å². The summed E-state index contributed by atoms with van der Waals surface area (Å²) in [6.45, 7) is 0. The van der Waals surface area contributed by atoms with Gasteiger partial charge >= 0.3 is 11.9 Å². The minimum absolute atomic E-state index is 0.530. The molecule has 0 saturated heterocycles. The molecule has 0 aliphatic heterocycles. The lowest BCUT2D eigenvalue weighted by Crippen LogP contribution is -2.21. The molecule has 0 spiro atoms. The van der Waals surface area contributed by atoms with Crippen LogP contribution in [0, 0.1) is 0 Å². The van der Waals surface area contributed by atoms with Crippen LogP contribution < -0.4 is 0 Å². The minimum Gasteiger partial charge on any atom is -0.474 e. The number of nitrogens with zero attached hydrogens (tertiary/aromatic N) is 4. The number of hydrogen-bond acceptors (Lipinski definition) is 6. The van der Waals surface area contributed by atoms with E-state index in [9.17, 15) is 9.59 Å². The van der Waals surface area contributed by atoms with E-state index in [1.165, 1.54) is 0 Å². The number of carbonyl (C=O) groups is 2. The fourth-order valence-electron chi connectivity index (χ4n) is 0.352. The lowest BCUT2D eigenvalue weighted by Gasteiger charge is -1.86. The Balaban J connectivity index is 0.000000561. The van der Waals surface area contributed by atoms with Crippen LogP contribution in [0.25, 0.3) is 0 Å². The van der Waals surface area contributed by atoms with Gasteiger partial charge in [-0.1, -0.05) is 0 Å². The summed E-state index contributed by atoms with van der Waals surface area (Å²) in [7, 11) is 1.00. The summed E-state index contributed by atoms with van der Waals surface area (Å²) in [6, 6.07) is 0. The molecule has 0 fully saturated rings. The topological polar surface area (TPSA) is 118 Å². The van der Waals surface area contributed by atoms with Gasteiger partial charge in [0.05, 0.1) is 0 Å². The van der Waals surface area contributed by atoms with Gasteiger partial charge in [-0.15, -0.1) is 5.10 Å². The quantitative estimate of drug-likeness (QED) is 0.345. The summed E-state index contributed by atoms with van der Waals surface area (Å²) in [5, 5.41) is 24.3. The number of hydrogen-bond donors (Lipinski definition) is 2. The lowest BCUT2D eigenvalue weighted by atomic mass is 10.6. The van der Waals surface area contributed by atoms with E-state index in [2.05, 4.69) is 15.5 Å². The van der Waals surface area contributed by atoms with E-state index in [0.29, 0.717) is 4.68 Å². The number of aliphatic carboxylic acids is 1. The molecule has 0 aromatic carbocycles. The zero-order valence-electron chi connectivity index (χ0n) is 6.08. The molecular formula is C4H6N4O4. The normalized spacial score (nSPS) is 8.17. The first kappa shape index (κ1) is 10.2. The Morgan fingerprint density at radius 2 is 2.00 bits per heavy atom. The van der Waals surface area contributed by atoms with Gasteiger partial charge in [0.25, 0.3) is 0 Å². The third-order valence-electron chi connectivity index (χ3n) is 0.740. The molecular weight excluding hydrogens is 168 g/mol. The Morgan fingerprint density at radius 1 is 1.42 bits per heavy atom. The molecule has 66 valence electrons. The molecule has 8 nitrogen and oxygen atoms in total. The number of carboxylic acids is 1. The number of carbonyl (C=O) groups excluding carboxylic acids is 1. The maximum absolute atomic E-state index is 10.4. The fraction of sp³-hybridized carbons (Fsp3) is 0.250. The second-order valence-electron chi connectivity index (χ2n) is 1.36. The van der Waals surface area contributed by atoms with Gasteiger partial charge in [0.15, 0.2) is 0 Å². The van der Waals surface area contributed by atoms with Crippen LogP contribution in [-0.2, 0) is 4.79 Å². The number of carboxylic acid groups (broad SMARTS) is 1. The highest BCUT2D eigenvalue weighted by Crippen LogP contribution is 1.77. The van der Waals surface area contributed by atoms with Crippen molar-refractivity contribution in [2.75, 3.05) is 7.11 Å². The Labute approximate surface area is 66.4 Å². The van der Waals surface area contributed by atoms with E-state index < -0.39 is 11.9 Å². The zero-order valence-corrected chi connectivity index (χ0v) is 6.08. The van der Waals surface area contributed by atoms with E-state index >= 15 is 0 Å². The Morgan fingerprint density at radius 3 is 2.33 bits per heavy atom. The van der Waals surface area contributed by atoms with Crippen LogP contribution in [0.4, 0.5) is 0 Å². The van der Waals surface area contributed by atoms with E-state index in [1.54, 1.807) is 0 Å². The van der Waals surface area contributed by atoms with Crippen LogP contribution >= 0.6 is 0 Å². The number of aromatic nitrogens is 4. The average molecular weight is 174 g/mol. The van der Waals surface area contributed by atoms with Gasteiger partial charge in [0.1, 0.15) is 6.33 Å². The molecule has 1 rings (SSSR count). The number of aliphatic hydroxyl groups is 1. The summed E-state index contributed by atoms with van der Waals surface area (Å²) < 4.78 is 0.530. The highest BCUT2D eigenvalue weighted by Gasteiger charge is 2.14. The van der Waals surface area contributed by atoms with Crippen molar-refractivity contribution in [3.8, 4) is 0 Å². The summed E-state index contributed by atoms with van der Waals surface area (Å²) in [4.78, 5) is 20.4. The van der Waals surface area contributed by atoms with Crippen molar-refractivity contribution in [3.05, 3.63) is 6.33 Å². The number of rotatable bonds is 0. The van der Waals surface area contributed by atoms with Crippen LogP contribution in [0.3, 0.4) is 0 Å². The van der Waals surface area contributed by atoms with E-state index in [4.69, 9.17) is 10.2 Å². The summed E-state index contributed by atoms with van der Waals surface area (Å²) in [6.07, 6.45) is 0.913. The number of aliphatic hydroxyl groups excluding tert-OH is 1. The van der Waals surface area contributed by atoms with E-state index in [0.717, 1.165) is 13.4 Å². The number of tetrazole rings is 1. The maximum atomic E-state index is 10.4. The first-order valence-corrected chi connectivity index (χ1v) is 2.67. The van der Waals surface area contributed by atoms with Crippen LogP contribution in [0.1, 0.15) is 4.79 Å². The van der Waals surface area contributed by atoms with Gasteiger partial charge < -0.3 is 10.2 Å². The molecule has 0 radical (unpaired) electrons. The standard InChI is InChI=1S/C3H2N4O3.CH4O/c8-2(3(9)10)7-1-4-5-6-7;1-2/h1H,(H,9,10);2H,1H3. The van der Waals surface area contributed by atoms with Crippen molar-refractivity contribution in [1.29, 1.82) is 0 Å². The third-order valence-corrected chi connectivity index (χ3v) is 0.740. The average Bonchev–Trinajstić information content (AvgIpc) is 2.58. The molecule has 0 saturated carbocycles. The van der Waals surface area contributed by atoms with Crippen molar-refractivity contribution in [2.24, 2.45) is 0 Å². The summed E-state index contributed by atoms with van der Waals surface area (Å²) in [5.41, 5.74) is 0. The molecule has 0 aliphatic rings. The van der Waals surface area contributed by atoms with Crippen LogP contribution in [0.15, 0.2) is 6.33 Å². The first-order valence-electron chi connectivity index (χ1n) is 2.67. The van der Waals surface area contributed by atoms with Crippen molar-refractivity contribution in [2.45, 2.75) is 0 Å². The third kappa shape index (κ3) is 2.42. The highest BCUT2D eigenvalue weighted by molar-refractivity contribution is 6.32. The van der Waals surface area contributed by atoms with Gasteiger partial charge in [-0.05, 0) is 10.4 Å². The second kappa shape index (κ2) is 4.91. The lowest BCUT2D eigenvalue weighted by molar-refractivity contribution is -0.132. The molecule has 0 unspecified atom stereocenters. The molecule has 1 aromatic rings. The Kier molecular flexibility index (Phi) is 4.16. The van der Waals surface area contributed by atoms with Gasteiger partial charge in [-0.3, -0.25) is 4.79 Å². The molecule has 1 heterocycles. The monoisotopic (exact) mass is 174 g/mol. The predicted octanol–water partition coefficient (Wildman–Crippen LogP) is -1.99. The van der Waals surface area contributed by atoms with Gasteiger partial charge in [0.2, 0.25) is 0 Å². The highest BCUT2D eigenvalue weighted by atomic mass is 16.4. The predicted molar refractivity (Wildman–Crippen MR) is 34.2 cm³/mol. The molecule has 1 aromatic heterocycles. The smallest absolute Gasteiger partial charge is 0.396 e. The minimum atomic E-state index is -1.59. The second-order valence-corrected chi connectivity index (χ2v) is 1.36.